The van der Waals surface area contributed by atoms with Crippen LogP contribution in [0.5, 0.6) is 11.6 Å². The van der Waals surface area contributed by atoms with Gasteiger partial charge in [-0.15, -0.1) is 0 Å². The lowest BCUT2D eigenvalue weighted by molar-refractivity contribution is -0.0314. The molecule has 1 aromatic carbocycles. The van der Waals surface area contributed by atoms with Crippen LogP contribution in [0.1, 0.15) is 44.9 Å². The fourth-order valence-electron chi connectivity index (χ4n) is 6.12. The number of aliphatic hydroxyl groups is 1. The molecular formula is C29H39N3O8S2. The molecule has 0 radical (unpaired) electrons. The summed E-state index contributed by atoms with van der Waals surface area (Å²) < 4.78 is 70.9. The molecule has 3 aliphatic heterocycles. The number of rotatable bonds is 10. The van der Waals surface area contributed by atoms with Crippen molar-refractivity contribution in [2.45, 2.75) is 71.7 Å². The standard InChI is InChI=1S/C29H39N3O8S2/c1-31-13-14-38-28-27(31)16-26(18-30-28)42(36,37)32-11-9-29(10-12-32)17-21(19-40-29)5-6-22(33)20-39-23-3-2-4-25(15-23)41(34,35)24-7-8-24/h2-4,15-16,18,21-22,24,33H,5-14,17,19-20H2,1H3/t21-,22+/m1/s1. The Morgan fingerprint density at radius 2 is 1.90 bits per heavy atom. The van der Waals surface area contributed by atoms with E-state index in [1.165, 1.54) is 16.6 Å². The highest BCUT2D eigenvalue weighted by atomic mass is 32.2. The lowest BCUT2D eigenvalue weighted by Gasteiger charge is -2.38. The highest BCUT2D eigenvalue weighted by molar-refractivity contribution is 7.92. The van der Waals surface area contributed by atoms with Crippen molar-refractivity contribution in [1.29, 1.82) is 0 Å². The van der Waals surface area contributed by atoms with Gasteiger partial charge in [0.25, 0.3) is 0 Å². The average molecular weight is 622 g/mol. The van der Waals surface area contributed by atoms with Gasteiger partial charge in [-0.05, 0) is 75.1 Å². The number of nitrogens with zero attached hydrogens (tertiary/aromatic N) is 3. The molecule has 6 rings (SSSR count). The van der Waals surface area contributed by atoms with Gasteiger partial charge in [0.05, 0.1) is 41.2 Å². The van der Waals surface area contributed by atoms with E-state index < -0.39 is 26.0 Å². The molecule has 4 aliphatic rings. The molecule has 3 fully saturated rings. The highest BCUT2D eigenvalue weighted by Gasteiger charge is 2.45. The average Bonchev–Trinajstić information content (AvgIpc) is 3.78. The van der Waals surface area contributed by atoms with E-state index in [0.29, 0.717) is 82.3 Å². The van der Waals surface area contributed by atoms with Gasteiger partial charge in [0.1, 0.15) is 29.5 Å². The van der Waals surface area contributed by atoms with Crippen LogP contribution in [0.25, 0.3) is 0 Å². The number of aliphatic hydroxyl groups excluding tert-OH is 1. The first-order valence-electron chi connectivity index (χ1n) is 14.7. The molecule has 1 N–H and O–H groups in total. The third kappa shape index (κ3) is 6.12. The van der Waals surface area contributed by atoms with Crippen LogP contribution >= 0.6 is 0 Å². The van der Waals surface area contributed by atoms with Gasteiger partial charge in [-0.3, -0.25) is 0 Å². The second-order valence-electron chi connectivity index (χ2n) is 12.0. The second kappa shape index (κ2) is 11.6. The molecular weight excluding hydrogens is 582 g/mol. The summed E-state index contributed by atoms with van der Waals surface area (Å²) in [5, 5.41) is 10.3. The summed E-state index contributed by atoms with van der Waals surface area (Å²) in [6.45, 7) is 2.62. The number of pyridine rings is 1. The first kappa shape index (κ1) is 29.6. The van der Waals surface area contributed by atoms with Crippen LogP contribution < -0.4 is 14.4 Å². The maximum absolute atomic E-state index is 13.4. The van der Waals surface area contributed by atoms with Crippen LogP contribution in [0.15, 0.2) is 46.3 Å². The molecule has 0 bridgehead atoms. The molecule has 1 saturated carbocycles. The number of ether oxygens (including phenoxy) is 3. The summed E-state index contributed by atoms with van der Waals surface area (Å²) in [6, 6.07) is 8.14. The molecule has 0 amide bonds. The number of likely N-dealkylation sites (N-methyl/N-ethyl adjacent to an activating group) is 1. The van der Waals surface area contributed by atoms with Gasteiger partial charge in [-0.2, -0.15) is 4.31 Å². The van der Waals surface area contributed by atoms with Gasteiger partial charge in [-0.25, -0.2) is 21.8 Å². The fraction of sp³-hybridized carbons (Fsp3) is 0.621. The Morgan fingerprint density at radius 1 is 1.12 bits per heavy atom. The first-order chi connectivity index (χ1) is 20.1. The molecule has 1 spiro atoms. The first-order valence-corrected chi connectivity index (χ1v) is 17.7. The molecule has 42 heavy (non-hydrogen) atoms. The Balaban J connectivity index is 0.968. The maximum Gasteiger partial charge on any atom is 0.244 e. The zero-order chi connectivity index (χ0) is 29.5. The minimum Gasteiger partial charge on any atom is -0.491 e. The lowest BCUT2D eigenvalue weighted by atomic mass is 9.84. The number of sulfonamides is 1. The number of fused-ring (bicyclic) bond motifs is 1. The zero-order valence-electron chi connectivity index (χ0n) is 23.9. The van der Waals surface area contributed by atoms with Crippen molar-refractivity contribution >= 4 is 25.5 Å². The summed E-state index contributed by atoms with van der Waals surface area (Å²) in [4.78, 5) is 6.64. The van der Waals surface area contributed by atoms with Gasteiger partial charge >= 0.3 is 0 Å². The monoisotopic (exact) mass is 621 g/mol. The van der Waals surface area contributed by atoms with E-state index in [4.69, 9.17) is 14.2 Å². The molecule has 2 aromatic rings. The van der Waals surface area contributed by atoms with Gasteiger partial charge < -0.3 is 24.2 Å². The number of hydrogen-bond acceptors (Lipinski definition) is 10. The summed E-state index contributed by atoms with van der Waals surface area (Å²) in [5.74, 6) is 1.17. The molecule has 4 heterocycles. The van der Waals surface area contributed by atoms with E-state index in [1.807, 2.05) is 11.9 Å². The Kier molecular flexibility index (Phi) is 8.16. The van der Waals surface area contributed by atoms with Crippen LogP contribution in [0, 0.1) is 5.92 Å². The molecule has 2 saturated heterocycles. The van der Waals surface area contributed by atoms with Crippen LogP contribution in [-0.4, -0.2) is 94.7 Å². The van der Waals surface area contributed by atoms with Gasteiger partial charge in [0.15, 0.2) is 9.84 Å². The predicted octanol–water partition coefficient (Wildman–Crippen LogP) is 2.63. The van der Waals surface area contributed by atoms with Crippen molar-refractivity contribution < 1.29 is 36.2 Å². The van der Waals surface area contributed by atoms with Crippen LogP contribution in [0.4, 0.5) is 5.69 Å². The molecule has 1 aliphatic carbocycles. The normalized spacial score (nSPS) is 23.4. The number of sulfone groups is 1. The van der Waals surface area contributed by atoms with E-state index in [-0.39, 0.29) is 33.2 Å². The third-order valence-corrected chi connectivity index (χ3v) is 13.0. The summed E-state index contributed by atoms with van der Waals surface area (Å²) >= 11 is 0. The Labute approximate surface area is 247 Å². The minimum absolute atomic E-state index is 0.0813. The van der Waals surface area contributed by atoms with E-state index >= 15 is 0 Å². The van der Waals surface area contributed by atoms with Crippen molar-refractivity contribution in [1.82, 2.24) is 9.29 Å². The van der Waals surface area contributed by atoms with E-state index in [1.54, 1.807) is 24.3 Å². The maximum atomic E-state index is 13.4. The Hall–Kier alpha value is -2.45. The molecule has 2 atom stereocenters. The van der Waals surface area contributed by atoms with Crippen molar-refractivity contribution in [2.24, 2.45) is 5.92 Å². The van der Waals surface area contributed by atoms with Gasteiger partial charge in [0.2, 0.25) is 15.9 Å². The predicted molar refractivity (Wildman–Crippen MR) is 155 cm³/mol. The van der Waals surface area contributed by atoms with Crippen LogP contribution in [0.2, 0.25) is 0 Å². The van der Waals surface area contributed by atoms with Crippen molar-refractivity contribution in [3.8, 4) is 11.6 Å². The van der Waals surface area contributed by atoms with E-state index in [2.05, 4.69) is 4.98 Å². The number of aromatic nitrogens is 1. The van der Waals surface area contributed by atoms with E-state index in [9.17, 15) is 21.9 Å². The summed E-state index contributed by atoms with van der Waals surface area (Å²) in [5.41, 5.74) is 0.341. The Morgan fingerprint density at radius 3 is 2.67 bits per heavy atom. The van der Waals surface area contributed by atoms with Crippen molar-refractivity contribution in [2.75, 3.05) is 51.4 Å². The smallest absolute Gasteiger partial charge is 0.244 e. The quantitative estimate of drug-likeness (QED) is 0.422. The molecule has 1 aromatic heterocycles. The minimum atomic E-state index is -3.69. The Bertz CT molecular complexity index is 1500. The number of piperidine rings is 1. The molecule has 230 valence electrons. The lowest BCUT2D eigenvalue weighted by Crippen LogP contribution is -2.46. The van der Waals surface area contributed by atoms with Gasteiger partial charge in [-0.1, -0.05) is 6.07 Å². The zero-order valence-corrected chi connectivity index (χ0v) is 25.5. The fourth-order valence-corrected chi connectivity index (χ4v) is 9.22. The number of anilines is 1. The van der Waals surface area contributed by atoms with E-state index in [0.717, 1.165) is 12.8 Å². The van der Waals surface area contributed by atoms with Crippen LogP contribution in [0.3, 0.4) is 0 Å². The largest absolute Gasteiger partial charge is 0.491 e. The summed E-state index contributed by atoms with van der Waals surface area (Å²) in [6.07, 6.45) is 5.47. The highest BCUT2D eigenvalue weighted by Crippen LogP contribution is 2.42. The second-order valence-corrected chi connectivity index (χ2v) is 16.2. The molecule has 0 unspecified atom stereocenters. The van der Waals surface area contributed by atoms with Crippen LogP contribution in [-0.2, 0) is 24.6 Å². The topological polar surface area (TPSA) is 136 Å². The van der Waals surface area contributed by atoms with Crippen molar-refractivity contribution in [3.05, 3.63) is 36.5 Å². The number of hydrogen-bond donors (Lipinski definition) is 1. The summed E-state index contributed by atoms with van der Waals surface area (Å²) in [7, 11) is -5.09. The third-order valence-electron chi connectivity index (χ3n) is 8.89. The molecule has 13 heteroatoms. The molecule has 11 nitrogen and oxygen atoms in total. The van der Waals surface area contributed by atoms with Crippen molar-refractivity contribution in [3.63, 3.8) is 0 Å². The number of benzene rings is 1. The SMILES string of the molecule is CN1CCOc2ncc(S(=O)(=O)N3CCC4(CC3)C[C@@H](CC[C@H](O)COc3cccc(S(=O)(=O)C5CC5)c3)CO4)cc21. The van der Waals surface area contributed by atoms with Gasteiger partial charge in [0, 0.05) is 20.1 Å².